The van der Waals surface area contributed by atoms with Gasteiger partial charge in [-0.1, -0.05) is 6.08 Å². The lowest BCUT2D eigenvalue weighted by Gasteiger charge is -2.24. The maximum atomic E-state index is 4.22. The zero-order valence-electron chi connectivity index (χ0n) is 12.2. The van der Waals surface area contributed by atoms with E-state index in [1.807, 2.05) is 24.1 Å². The minimum Gasteiger partial charge on any atom is -0.354 e. The fraction of sp³-hybridized carbons (Fsp3) is 0.538. The number of aliphatic imine (C=N–C) groups is 1. The van der Waals surface area contributed by atoms with E-state index in [1.165, 1.54) is 5.56 Å². The third-order valence-corrected chi connectivity index (χ3v) is 2.83. The van der Waals surface area contributed by atoms with Gasteiger partial charge in [0.25, 0.3) is 0 Å². The van der Waals surface area contributed by atoms with Crippen molar-refractivity contribution in [2.24, 2.45) is 12.0 Å². The van der Waals surface area contributed by atoms with E-state index in [4.69, 9.17) is 0 Å². The number of aromatic nitrogens is 2. The molecule has 0 aliphatic heterocycles. The van der Waals surface area contributed by atoms with Gasteiger partial charge in [0.05, 0.1) is 12.2 Å². The summed E-state index contributed by atoms with van der Waals surface area (Å²) in [5.74, 6) is 0.774. The van der Waals surface area contributed by atoms with E-state index >= 15 is 0 Å². The van der Waals surface area contributed by atoms with Gasteiger partial charge in [-0.2, -0.15) is 5.10 Å². The number of aryl methyl sites for hydroxylation is 1. The van der Waals surface area contributed by atoms with E-state index in [-0.39, 0.29) is 6.04 Å². The molecule has 1 aromatic rings. The van der Waals surface area contributed by atoms with Crippen LogP contribution in [0.15, 0.2) is 30.0 Å². The van der Waals surface area contributed by atoms with Crippen molar-refractivity contribution in [1.82, 2.24) is 25.3 Å². The SMILES string of the molecule is C=CCNC(=NC)NCC(c1cnn(C)c1)N(C)C. The zero-order chi connectivity index (χ0) is 14.3. The maximum absolute atomic E-state index is 4.22. The van der Waals surface area contributed by atoms with Crippen molar-refractivity contribution in [3.63, 3.8) is 0 Å². The molecule has 0 aromatic carbocycles. The fourth-order valence-electron chi connectivity index (χ4n) is 1.79. The average molecular weight is 264 g/mol. The van der Waals surface area contributed by atoms with Crippen molar-refractivity contribution in [3.05, 3.63) is 30.6 Å². The minimum absolute atomic E-state index is 0.246. The molecule has 0 aliphatic rings. The second-order valence-electron chi connectivity index (χ2n) is 4.55. The second-order valence-corrected chi connectivity index (χ2v) is 4.55. The van der Waals surface area contributed by atoms with Gasteiger partial charge in [-0.3, -0.25) is 9.67 Å². The number of rotatable bonds is 6. The van der Waals surface area contributed by atoms with Crippen molar-refractivity contribution >= 4 is 5.96 Å². The molecule has 106 valence electrons. The summed E-state index contributed by atoms with van der Waals surface area (Å²) in [5.41, 5.74) is 1.18. The standard InChI is InChI=1S/C13H24N6/c1-6-7-15-13(14-2)16-9-12(18(3)4)11-8-17-19(5)10-11/h6,8,10,12H,1,7,9H2,2-5H3,(H2,14,15,16). The molecule has 0 aliphatic carbocycles. The summed E-state index contributed by atoms with van der Waals surface area (Å²) < 4.78 is 1.82. The van der Waals surface area contributed by atoms with Gasteiger partial charge in [-0.05, 0) is 14.1 Å². The average Bonchev–Trinajstić information content (AvgIpc) is 2.79. The highest BCUT2D eigenvalue weighted by atomic mass is 15.3. The van der Waals surface area contributed by atoms with Crippen molar-refractivity contribution < 1.29 is 0 Å². The van der Waals surface area contributed by atoms with Crippen LogP contribution in [0.3, 0.4) is 0 Å². The number of hydrogen-bond donors (Lipinski definition) is 2. The molecule has 19 heavy (non-hydrogen) atoms. The van der Waals surface area contributed by atoms with Crippen LogP contribution in [0.2, 0.25) is 0 Å². The van der Waals surface area contributed by atoms with Crippen LogP contribution in [-0.4, -0.2) is 54.9 Å². The van der Waals surface area contributed by atoms with Crippen LogP contribution in [-0.2, 0) is 7.05 Å². The molecular formula is C13H24N6. The molecule has 1 rings (SSSR count). The normalized spacial score (nSPS) is 13.4. The third-order valence-electron chi connectivity index (χ3n) is 2.83. The van der Waals surface area contributed by atoms with Crippen molar-refractivity contribution in [2.45, 2.75) is 6.04 Å². The van der Waals surface area contributed by atoms with Crippen LogP contribution in [0.25, 0.3) is 0 Å². The molecule has 1 atom stereocenters. The van der Waals surface area contributed by atoms with E-state index in [2.05, 4.69) is 46.3 Å². The molecule has 1 unspecified atom stereocenters. The van der Waals surface area contributed by atoms with Crippen LogP contribution >= 0.6 is 0 Å². The number of likely N-dealkylation sites (N-methyl/N-ethyl adjacent to an activating group) is 1. The Kier molecular flexibility index (Phi) is 6.08. The molecule has 2 N–H and O–H groups in total. The van der Waals surface area contributed by atoms with E-state index in [9.17, 15) is 0 Å². The van der Waals surface area contributed by atoms with Crippen LogP contribution in [0.1, 0.15) is 11.6 Å². The first-order chi connectivity index (χ1) is 9.08. The van der Waals surface area contributed by atoms with Gasteiger partial charge >= 0.3 is 0 Å². The summed E-state index contributed by atoms with van der Waals surface area (Å²) in [4.78, 5) is 6.32. The monoisotopic (exact) mass is 264 g/mol. The molecule has 0 saturated heterocycles. The molecule has 0 saturated carbocycles. The summed E-state index contributed by atoms with van der Waals surface area (Å²) in [5, 5.41) is 10.7. The predicted molar refractivity (Wildman–Crippen MR) is 79.2 cm³/mol. The summed E-state index contributed by atoms with van der Waals surface area (Å²) in [6.45, 7) is 5.13. The highest BCUT2D eigenvalue weighted by Gasteiger charge is 2.16. The fourth-order valence-corrected chi connectivity index (χ4v) is 1.79. The van der Waals surface area contributed by atoms with Crippen LogP contribution < -0.4 is 10.6 Å². The first-order valence-corrected chi connectivity index (χ1v) is 6.28. The highest BCUT2D eigenvalue weighted by molar-refractivity contribution is 5.79. The van der Waals surface area contributed by atoms with Gasteiger partial charge in [0.15, 0.2) is 5.96 Å². The Morgan fingerprint density at radius 3 is 2.79 bits per heavy atom. The van der Waals surface area contributed by atoms with Gasteiger partial charge in [0.2, 0.25) is 0 Å². The predicted octanol–water partition coefficient (Wildman–Crippen LogP) is 0.374. The first-order valence-electron chi connectivity index (χ1n) is 6.28. The van der Waals surface area contributed by atoms with E-state index < -0.39 is 0 Å². The molecule has 6 nitrogen and oxygen atoms in total. The molecule has 0 amide bonds. The number of guanidine groups is 1. The van der Waals surface area contributed by atoms with Crippen LogP contribution in [0.4, 0.5) is 0 Å². The van der Waals surface area contributed by atoms with Crippen LogP contribution in [0, 0.1) is 0 Å². The maximum Gasteiger partial charge on any atom is 0.191 e. The zero-order valence-corrected chi connectivity index (χ0v) is 12.2. The smallest absolute Gasteiger partial charge is 0.191 e. The molecule has 1 aromatic heterocycles. The molecule has 0 bridgehead atoms. The number of nitrogens with one attached hydrogen (secondary N) is 2. The van der Waals surface area contributed by atoms with Gasteiger partial charge in [-0.15, -0.1) is 6.58 Å². The molecule has 6 heteroatoms. The Hall–Kier alpha value is -1.82. The van der Waals surface area contributed by atoms with Gasteiger partial charge in [-0.25, -0.2) is 0 Å². The Morgan fingerprint density at radius 2 is 2.32 bits per heavy atom. The first kappa shape index (κ1) is 15.2. The highest BCUT2D eigenvalue weighted by Crippen LogP contribution is 2.15. The third kappa shape index (κ3) is 4.75. The number of hydrogen-bond acceptors (Lipinski definition) is 3. The van der Waals surface area contributed by atoms with Crippen LogP contribution in [0.5, 0.6) is 0 Å². The molecule has 0 radical (unpaired) electrons. The summed E-state index contributed by atoms with van der Waals surface area (Å²) >= 11 is 0. The quantitative estimate of drug-likeness (QED) is 0.443. The minimum atomic E-state index is 0.246. The summed E-state index contributed by atoms with van der Waals surface area (Å²) in [6.07, 6.45) is 5.73. The lowest BCUT2D eigenvalue weighted by atomic mass is 10.1. The molecule has 0 spiro atoms. The Morgan fingerprint density at radius 1 is 1.58 bits per heavy atom. The molecular weight excluding hydrogens is 240 g/mol. The Bertz CT molecular complexity index is 421. The molecule has 0 fully saturated rings. The van der Waals surface area contributed by atoms with E-state index in [0.717, 1.165) is 12.5 Å². The van der Waals surface area contributed by atoms with Gasteiger partial charge in [0, 0.05) is 38.9 Å². The van der Waals surface area contributed by atoms with Gasteiger partial charge < -0.3 is 15.5 Å². The van der Waals surface area contributed by atoms with Crippen molar-refractivity contribution in [2.75, 3.05) is 34.2 Å². The van der Waals surface area contributed by atoms with Gasteiger partial charge in [0.1, 0.15) is 0 Å². The summed E-state index contributed by atoms with van der Waals surface area (Å²) in [6, 6.07) is 0.246. The lowest BCUT2D eigenvalue weighted by molar-refractivity contribution is 0.298. The topological polar surface area (TPSA) is 57.5 Å². The summed E-state index contributed by atoms with van der Waals surface area (Å²) in [7, 11) is 7.79. The second kappa shape index (κ2) is 7.58. The Labute approximate surface area is 115 Å². The largest absolute Gasteiger partial charge is 0.354 e. The van der Waals surface area contributed by atoms with Crippen molar-refractivity contribution in [3.8, 4) is 0 Å². The molecule has 1 heterocycles. The van der Waals surface area contributed by atoms with E-state index in [1.54, 1.807) is 13.1 Å². The number of nitrogens with zero attached hydrogens (tertiary/aromatic N) is 4. The lowest BCUT2D eigenvalue weighted by Crippen LogP contribution is -2.41. The van der Waals surface area contributed by atoms with Crippen molar-refractivity contribution in [1.29, 1.82) is 0 Å². The van der Waals surface area contributed by atoms with E-state index in [0.29, 0.717) is 6.54 Å². The Balaban J connectivity index is 2.62.